The molecule has 0 aliphatic rings. The fourth-order valence-electron chi connectivity index (χ4n) is 3.44. The van der Waals surface area contributed by atoms with Crippen LogP contribution in [0, 0.1) is 0 Å². The average Bonchev–Trinajstić information content (AvgIpc) is 3.37. The molecule has 0 bridgehead atoms. The number of ether oxygens (including phenoxy) is 1. The number of pyridine rings is 1. The molecule has 0 aliphatic heterocycles. The van der Waals surface area contributed by atoms with Crippen LogP contribution in [-0.2, 0) is 19.4 Å². The van der Waals surface area contributed by atoms with Crippen molar-refractivity contribution < 1.29 is 9.15 Å². The number of rotatable bonds is 6. The molecule has 5 aromatic rings. The van der Waals surface area contributed by atoms with Gasteiger partial charge < -0.3 is 14.1 Å². The molecule has 0 unspecified atom stereocenters. The third-order valence-electron chi connectivity index (χ3n) is 4.86. The summed E-state index contributed by atoms with van der Waals surface area (Å²) in [5, 5.41) is 11.0. The number of H-pyrrole nitrogens is 1. The number of hydrogen-bond donors (Lipinski definition) is 1. The van der Waals surface area contributed by atoms with Crippen molar-refractivity contribution in [3.63, 3.8) is 0 Å². The predicted octanol–water partition coefficient (Wildman–Crippen LogP) is 5.77. The van der Waals surface area contributed by atoms with Crippen LogP contribution in [0.25, 0.3) is 21.8 Å². The molecule has 8 heteroatoms. The van der Waals surface area contributed by atoms with E-state index < -0.39 is 0 Å². The van der Waals surface area contributed by atoms with Gasteiger partial charge in [0.05, 0.1) is 5.02 Å². The van der Waals surface area contributed by atoms with Gasteiger partial charge in [-0.25, -0.2) is 4.98 Å². The van der Waals surface area contributed by atoms with Crippen molar-refractivity contribution in [1.82, 2.24) is 20.2 Å². The van der Waals surface area contributed by atoms with Crippen LogP contribution >= 0.6 is 23.2 Å². The van der Waals surface area contributed by atoms with Crippen LogP contribution in [0.1, 0.15) is 17.3 Å². The van der Waals surface area contributed by atoms with E-state index in [2.05, 4.69) is 32.3 Å². The Labute approximate surface area is 181 Å². The monoisotopic (exact) mass is 438 g/mol. The van der Waals surface area contributed by atoms with Gasteiger partial charge in [0.2, 0.25) is 5.89 Å². The van der Waals surface area contributed by atoms with Crippen LogP contribution in [0.3, 0.4) is 0 Å². The van der Waals surface area contributed by atoms with Crippen molar-refractivity contribution in [1.29, 1.82) is 0 Å². The maximum atomic E-state index is 6.25. The van der Waals surface area contributed by atoms with Crippen molar-refractivity contribution in [2.45, 2.75) is 19.4 Å². The Morgan fingerprint density at radius 1 is 0.933 bits per heavy atom. The van der Waals surface area contributed by atoms with Crippen molar-refractivity contribution >= 4 is 45.0 Å². The molecule has 0 fully saturated rings. The molecule has 3 aromatic heterocycles. The predicted molar refractivity (Wildman–Crippen MR) is 116 cm³/mol. The minimum absolute atomic E-state index is 0.130. The highest BCUT2D eigenvalue weighted by molar-refractivity contribution is 6.37. The summed E-state index contributed by atoms with van der Waals surface area (Å²) >= 11 is 12.3. The molecule has 3 heterocycles. The molecule has 150 valence electrons. The van der Waals surface area contributed by atoms with Gasteiger partial charge in [0.15, 0.2) is 6.61 Å². The Bertz CT molecular complexity index is 1350. The van der Waals surface area contributed by atoms with Crippen LogP contribution in [0.4, 0.5) is 0 Å². The molecule has 6 nitrogen and oxygen atoms in total. The van der Waals surface area contributed by atoms with E-state index in [-0.39, 0.29) is 6.61 Å². The van der Waals surface area contributed by atoms with Gasteiger partial charge in [-0.1, -0.05) is 53.5 Å². The first-order valence-electron chi connectivity index (χ1n) is 9.41. The summed E-state index contributed by atoms with van der Waals surface area (Å²) in [6.45, 7) is 0.130. The van der Waals surface area contributed by atoms with E-state index in [4.69, 9.17) is 32.4 Å². The molecule has 0 atom stereocenters. The highest BCUT2D eigenvalue weighted by Gasteiger charge is 2.12. The van der Waals surface area contributed by atoms with E-state index >= 15 is 0 Å². The Hall–Kier alpha value is -3.09. The normalized spacial score (nSPS) is 11.4. The van der Waals surface area contributed by atoms with Gasteiger partial charge >= 0.3 is 0 Å². The van der Waals surface area contributed by atoms with Gasteiger partial charge in [0, 0.05) is 28.9 Å². The zero-order chi connectivity index (χ0) is 20.5. The summed E-state index contributed by atoms with van der Waals surface area (Å²) in [7, 11) is 0. The maximum absolute atomic E-state index is 6.25. The second-order valence-electron chi connectivity index (χ2n) is 6.82. The summed E-state index contributed by atoms with van der Waals surface area (Å²) in [4.78, 5) is 7.60. The Balaban J connectivity index is 1.27. The van der Waals surface area contributed by atoms with Crippen molar-refractivity contribution in [3.05, 3.63) is 82.2 Å². The third kappa shape index (κ3) is 3.72. The van der Waals surface area contributed by atoms with Gasteiger partial charge in [0.25, 0.3) is 5.89 Å². The lowest BCUT2D eigenvalue weighted by atomic mass is 10.1. The highest BCUT2D eigenvalue weighted by Crippen LogP contribution is 2.31. The Kier molecular flexibility index (Phi) is 5.02. The first-order chi connectivity index (χ1) is 14.7. The number of nitrogens with zero attached hydrogens (tertiary/aromatic N) is 3. The smallest absolute Gasteiger partial charge is 0.253 e. The minimum Gasteiger partial charge on any atom is -0.482 e. The van der Waals surface area contributed by atoms with E-state index in [0.717, 1.165) is 17.3 Å². The van der Waals surface area contributed by atoms with Gasteiger partial charge in [-0.3, -0.25) is 0 Å². The van der Waals surface area contributed by atoms with Crippen LogP contribution in [0.2, 0.25) is 10.2 Å². The number of hydrogen-bond acceptors (Lipinski definition) is 5. The summed E-state index contributed by atoms with van der Waals surface area (Å²) in [5.41, 5.74) is 2.93. The summed E-state index contributed by atoms with van der Waals surface area (Å²) in [6, 6.07) is 15.3. The number of aryl methyl sites for hydroxylation is 2. The second kappa shape index (κ2) is 7.97. The number of aromatic nitrogens is 4. The van der Waals surface area contributed by atoms with Crippen LogP contribution in [0.15, 0.2) is 59.1 Å². The van der Waals surface area contributed by atoms with Gasteiger partial charge in [-0.2, -0.15) is 0 Å². The largest absolute Gasteiger partial charge is 0.482 e. The van der Waals surface area contributed by atoms with E-state index in [1.165, 1.54) is 10.9 Å². The highest BCUT2D eigenvalue weighted by atomic mass is 35.5. The standard InChI is InChI=1S/C22H16Cl2N4O2/c23-16-10-19(24)26-22-15(16)5-3-7-18(22)29-12-21-28-27-20(30-21)9-8-13-11-25-17-6-2-1-4-14(13)17/h1-7,10-11,25H,8-9,12H2. The molecular formula is C22H16Cl2N4O2. The van der Waals surface area contributed by atoms with E-state index in [0.29, 0.717) is 39.6 Å². The lowest BCUT2D eigenvalue weighted by Gasteiger charge is -2.08. The van der Waals surface area contributed by atoms with Crippen molar-refractivity contribution in [3.8, 4) is 5.75 Å². The zero-order valence-electron chi connectivity index (χ0n) is 15.7. The molecule has 0 aliphatic carbocycles. The fraction of sp³-hybridized carbons (Fsp3) is 0.136. The van der Waals surface area contributed by atoms with Crippen LogP contribution < -0.4 is 4.74 Å². The summed E-state index contributed by atoms with van der Waals surface area (Å²) < 4.78 is 11.6. The lowest BCUT2D eigenvalue weighted by Crippen LogP contribution is -1.97. The maximum Gasteiger partial charge on any atom is 0.253 e. The van der Waals surface area contributed by atoms with E-state index in [1.807, 2.05) is 30.5 Å². The molecule has 0 saturated heterocycles. The topological polar surface area (TPSA) is 76.8 Å². The first kappa shape index (κ1) is 18.9. The van der Waals surface area contributed by atoms with Crippen LogP contribution in [0.5, 0.6) is 5.75 Å². The Morgan fingerprint density at radius 3 is 2.70 bits per heavy atom. The average molecular weight is 439 g/mol. The SMILES string of the molecule is Clc1cc(Cl)c2cccc(OCc3nnc(CCc4c[nH]c5ccccc45)o3)c2n1. The summed E-state index contributed by atoms with van der Waals surface area (Å²) in [5.74, 6) is 1.52. The third-order valence-corrected chi connectivity index (χ3v) is 5.37. The number of benzene rings is 2. The van der Waals surface area contributed by atoms with Gasteiger partial charge in [-0.15, -0.1) is 10.2 Å². The molecule has 0 radical (unpaired) electrons. The fourth-order valence-corrected chi connectivity index (χ4v) is 3.94. The quantitative estimate of drug-likeness (QED) is 0.340. The lowest BCUT2D eigenvalue weighted by molar-refractivity contribution is 0.261. The first-order valence-corrected chi connectivity index (χ1v) is 10.2. The van der Waals surface area contributed by atoms with Crippen molar-refractivity contribution in [2.24, 2.45) is 0 Å². The number of aromatic amines is 1. The molecule has 1 N–H and O–H groups in total. The molecule has 0 amide bonds. The molecule has 30 heavy (non-hydrogen) atoms. The number of para-hydroxylation sites is 2. The van der Waals surface area contributed by atoms with Crippen LogP contribution in [-0.4, -0.2) is 20.2 Å². The molecule has 0 spiro atoms. The Morgan fingerprint density at radius 2 is 1.77 bits per heavy atom. The van der Waals surface area contributed by atoms with Gasteiger partial charge in [0.1, 0.15) is 16.4 Å². The molecular weight excluding hydrogens is 423 g/mol. The molecule has 2 aromatic carbocycles. The molecule has 0 saturated carbocycles. The second-order valence-corrected chi connectivity index (χ2v) is 7.61. The van der Waals surface area contributed by atoms with E-state index in [9.17, 15) is 0 Å². The minimum atomic E-state index is 0.130. The summed E-state index contributed by atoms with van der Waals surface area (Å²) in [6.07, 6.45) is 3.47. The van der Waals surface area contributed by atoms with E-state index in [1.54, 1.807) is 12.1 Å². The van der Waals surface area contributed by atoms with Crippen molar-refractivity contribution in [2.75, 3.05) is 0 Å². The molecule has 5 rings (SSSR count). The number of fused-ring (bicyclic) bond motifs is 2. The van der Waals surface area contributed by atoms with Gasteiger partial charge in [-0.05, 0) is 30.2 Å². The number of halogens is 2. The zero-order valence-corrected chi connectivity index (χ0v) is 17.2. The number of nitrogens with one attached hydrogen (secondary N) is 1.